The Kier molecular flexibility index (Phi) is 6.83. The number of hydrogen-bond acceptors (Lipinski definition) is 2. The summed E-state index contributed by atoms with van der Waals surface area (Å²) in [4.78, 5) is 14.5. The zero-order chi connectivity index (χ0) is 17.5. The van der Waals surface area contributed by atoms with Gasteiger partial charge in [-0.25, -0.2) is 0 Å². The van der Waals surface area contributed by atoms with Crippen LogP contribution in [0.2, 0.25) is 5.02 Å². The van der Waals surface area contributed by atoms with Crippen LogP contribution < -0.4 is 0 Å². The van der Waals surface area contributed by atoms with Crippen molar-refractivity contribution in [1.29, 1.82) is 0 Å². The monoisotopic (exact) mass is 345 g/mol. The molecule has 0 bridgehead atoms. The van der Waals surface area contributed by atoms with Crippen molar-refractivity contribution in [2.75, 3.05) is 19.7 Å². The lowest BCUT2D eigenvalue weighted by molar-refractivity contribution is 0.0759. The largest absolute Gasteiger partial charge is 0.396 e. The number of benzene rings is 2. The van der Waals surface area contributed by atoms with Crippen LogP contribution in [0.15, 0.2) is 42.5 Å². The van der Waals surface area contributed by atoms with Crippen LogP contribution >= 0.6 is 11.6 Å². The van der Waals surface area contributed by atoms with Crippen LogP contribution in [-0.2, 0) is 0 Å². The fourth-order valence-electron chi connectivity index (χ4n) is 2.68. The van der Waals surface area contributed by atoms with Crippen molar-refractivity contribution >= 4 is 17.5 Å². The van der Waals surface area contributed by atoms with Gasteiger partial charge in [-0.3, -0.25) is 4.79 Å². The molecule has 128 valence electrons. The maximum atomic E-state index is 12.7. The second-order valence-electron chi connectivity index (χ2n) is 5.88. The molecule has 1 N–H and O–H groups in total. The third-order valence-electron chi connectivity index (χ3n) is 4.05. The molecule has 0 unspecified atom stereocenters. The SMILES string of the molecule is CCN(CCCCO)C(=O)c1cccc(-c2cc(C)ccc2Cl)c1. The number of aliphatic hydroxyl groups is 1. The van der Waals surface area contributed by atoms with E-state index in [1.165, 1.54) is 0 Å². The van der Waals surface area contributed by atoms with E-state index in [9.17, 15) is 4.79 Å². The van der Waals surface area contributed by atoms with Crippen LogP contribution in [0.3, 0.4) is 0 Å². The topological polar surface area (TPSA) is 40.5 Å². The Balaban J connectivity index is 2.26. The molecule has 0 fully saturated rings. The molecule has 24 heavy (non-hydrogen) atoms. The third kappa shape index (κ3) is 4.59. The van der Waals surface area contributed by atoms with Gasteiger partial charge in [-0.15, -0.1) is 0 Å². The number of carbonyl (C=O) groups is 1. The fourth-order valence-corrected chi connectivity index (χ4v) is 2.91. The molecule has 0 radical (unpaired) electrons. The fraction of sp³-hybridized carbons (Fsp3) is 0.350. The molecule has 0 saturated carbocycles. The Labute approximate surface area is 148 Å². The summed E-state index contributed by atoms with van der Waals surface area (Å²) in [6, 6.07) is 13.5. The maximum Gasteiger partial charge on any atom is 0.253 e. The van der Waals surface area contributed by atoms with E-state index in [-0.39, 0.29) is 12.5 Å². The Hall–Kier alpha value is -1.84. The summed E-state index contributed by atoms with van der Waals surface area (Å²) in [6.07, 6.45) is 1.52. The second kappa shape index (κ2) is 8.86. The Bertz CT molecular complexity index is 700. The van der Waals surface area contributed by atoms with Gasteiger partial charge in [-0.1, -0.05) is 35.4 Å². The van der Waals surface area contributed by atoms with Gasteiger partial charge in [0.05, 0.1) is 0 Å². The predicted molar refractivity (Wildman–Crippen MR) is 99.5 cm³/mol. The van der Waals surface area contributed by atoms with Crippen LogP contribution in [0, 0.1) is 6.92 Å². The van der Waals surface area contributed by atoms with E-state index in [0.717, 1.165) is 23.1 Å². The normalized spacial score (nSPS) is 10.7. The highest BCUT2D eigenvalue weighted by Crippen LogP contribution is 2.29. The minimum Gasteiger partial charge on any atom is -0.396 e. The molecule has 0 aliphatic heterocycles. The molecule has 0 saturated heterocycles. The van der Waals surface area contributed by atoms with Crippen molar-refractivity contribution in [3.63, 3.8) is 0 Å². The van der Waals surface area contributed by atoms with E-state index in [2.05, 4.69) is 0 Å². The highest BCUT2D eigenvalue weighted by Gasteiger charge is 2.15. The zero-order valence-electron chi connectivity index (χ0n) is 14.3. The van der Waals surface area contributed by atoms with Gasteiger partial charge >= 0.3 is 0 Å². The van der Waals surface area contributed by atoms with Crippen LogP contribution in [-0.4, -0.2) is 35.6 Å². The summed E-state index contributed by atoms with van der Waals surface area (Å²) >= 11 is 6.32. The van der Waals surface area contributed by atoms with E-state index in [4.69, 9.17) is 16.7 Å². The number of nitrogens with zero attached hydrogens (tertiary/aromatic N) is 1. The number of amides is 1. The minimum absolute atomic E-state index is 0.0149. The first-order chi connectivity index (χ1) is 11.6. The lowest BCUT2D eigenvalue weighted by Gasteiger charge is -2.21. The molecular formula is C20H24ClNO2. The van der Waals surface area contributed by atoms with Crippen LogP contribution in [0.25, 0.3) is 11.1 Å². The van der Waals surface area contributed by atoms with E-state index >= 15 is 0 Å². The summed E-state index contributed by atoms with van der Waals surface area (Å²) in [5, 5.41) is 9.58. The summed E-state index contributed by atoms with van der Waals surface area (Å²) in [7, 11) is 0. The average molecular weight is 346 g/mol. The molecule has 0 aliphatic carbocycles. The molecule has 0 aromatic heterocycles. The highest BCUT2D eigenvalue weighted by atomic mass is 35.5. The number of unbranched alkanes of at least 4 members (excludes halogenated alkanes) is 1. The number of carbonyl (C=O) groups excluding carboxylic acids is 1. The van der Waals surface area contributed by atoms with Crippen molar-refractivity contribution in [3.05, 3.63) is 58.6 Å². The van der Waals surface area contributed by atoms with Crippen LogP contribution in [0.4, 0.5) is 0 Å². The van der Waals surface area contributed by atoms with Crippen molar-refractivity contribution in [2.24, 2.45) is 0 Å². The highest BCUT2D eigenvalue weighted by molar-refractivity contribution is 6.33. The summed E-state index contributed by atoms with van der Waals surface area (Å²) in [5.74, 6) is 0.0149. The van der Waals surface area contributed by atoms with Crippen LogP contribution in [0.1, 0.15) is 35.7 Å². The Morgan fingerprint density at radius 1 is 1.17 bits per heavy atom. The molecule has 4 heteroatoms. The number of rotatable bonds is 7. The summed E-state index contributed by atoms with van der Waals surface area (Å²) < 4.78 is 0. The number of halogens is 1. The molecule has 2 aromatic carbocycles. The van der Waals surface area contributed by atoms with Crippen LogP contribution in [0.5, 0.6) is 0 Å². The molecule has 1 amide bonds. The lowest BCUT2D eigenvalue weighted by Crippen LogP contribution is -2.31. The van der Waals surface area contributed by atoms with Gasteiger partial charge in [0.1, 0.15) is 0 Å². The van der Waals surface area contributed by atoms with E-state index in [1.807, 2.05) is 61.2 Å². The molecule has 0 heterocycles. The van der Waals surface area contributed by atoms with E-state index in [1.54, 1.807) is 0 Å². The standard InChI is InChI=1S/C20H24ClNO2/c1-3-22(11-4-5-12-23)20(24)17-8-6-7-16(14-17)18-13-15(2)9-10-19(18)21/h6-10,13-14,23H,3-5,11-12H2,1-2H3. The first-order valence-electron chi connectivity index (χ1n) is 8.33. The Morgan fingerprint density at radius 2 is 1.96 bits per heavy atom. The summed E-state index contributed by atoms with van der Waals surface area (Å²) in [5.41, 5.74) is 3.68. The first kappa shape index (κ1) is 18.5. The van der Waals surface area contributed by atoms with Crippen molar-refractivity contribution < 1.29 is 9.90 Å². The molecule has 0 aliphatic rings. The van der Waals surface area contributed by atoms with Gasteiger partial charge in [-0.2, -0.15) is 0 Å². The van der Waals surface area contributed by atoms with E-state index in [0.29, 0.717) is 30.1 Å². The van der Waals surface area contributed by atoms with Gasteiger partial charge in [0.15, 0.2) is 0 Å². The van der Waals surface area contributed by atoms with Crippen molar-refractivity contribution in [1.82, 2.24) is 4.90 Å². The predicted octanol–water partition coefficient (Wildman–Crippen LogP) is 4.55. The molecular weight excluding hydrogens is 322 g/mol. The molecule has 0 spiro atoms. The summed E-state index contributed by atoms with van der Waals surface area (Å²) in [6.45, 7) is 5.46. The van der Waals surface area contributed by atoms with E-state index < -0.39 is 0 Å². The third-order valence-corrected chi connectivity index (χ3v) is 4.38. The molecule has 0 atom stereocenters. The smallest absolute Gasteiger partial charge is 0.253 e. The number of hydrogen-bond donors (Lipinski definition) is 1. The van der Waals surface area contributed by atoms with Gasteiger partial charge in [0.2, 0.25) is 0 Å². The quantitative estimate of drug-likeness (QED) is 0.748. The zero-order valence-corrected chi connectivity index (χ0v) is 15.0. The average Bonchev–Trinajstić information content (AvgIpc) is 2.60. The Morgan fingerprint density at radius 3 is 2.67 bits per heavy atom. The lowest BCUT2D eigenvalue weighted by atomic mass is 10.0. The number of aryl methyl sites for hydroxylation is 1. The van der Waals surface area contributed by atoms with Crippen molar-refractivity contribution in [3.8, 4) is 11.1 Å². The maximum absolute atomic E-state index is 12.7. The molecule has 3 nitrogen and oxygen atoms in total. The van der Waals surface area contributed by atoms with Gasteiger partial charge in [-0.05, 0) is 56.5 Å². The van der Waals surface area contributed by atoms with Gasteiger partial charge in [0, 0.05) is 35.8 Å². The minimum atomic E-state index is 0.0149. The molecule has 2 rings (SSSR count). The van der Waals surface area contributed by atoms with Gasteiger partial charge < -0.3 is 10.0 Å². The van der Waals surface area contributed by atoms with Gasteiger partial charge in [0.25, 0.3) is 5.91 Å². The molecule has 2 aromatic rings. The first-order valence-corrected chi connectivity index (χ1v) is 8.71. The second-order valence-corrected chi connectivity index (χ2v) is 6.29. The number of aliphatic hydroxyl groups excluding tert-OH is 1. The van der Waals surface area contributed by atoms with Crippen molar-refractivity contribution in [2.45, 2.75) is 26.7 Å².